The molecule has 0 atom stereocenters. The molecule has 1 rings (SSSR count). The number of hydrogen-bond donors (Lipinski definition) is 1. The van der Waals surface area contributed by atoms with Crippen LogP contribution in [0.25, 0.3) is 0 Å². The van der Waals surface area contributed by atoms with Crippen LogP contribution >= 0.6 is 23.2 Å². The smallest absolute Gasteiger partial charge is 0.179 e. The Morgan fingerprint density at radius 3 is 2.69 bits per heavy atom. The number of hydrogen-bond acceptors (Lipinski definition) is 2. The zero-order chi connectivity index (χ0) is 10.0. The highest BCUT2D eigenvalue weighted by Gasteiger charge is 2.11. The minimum Gasteiger partial charge on any atom is -0.398 e. The Bertz CT molecular complexity index is 354. The Morgan fingerprint density at radius 2 is 2.15 bits per heavy atom. The summed E-state index contributed by atoms with van der Waals surface area (Å²) in [5.74, 6) is -1.22. The second-order valence-electron chi connectivity index (χ2n) is 2.41. The van der Waals surface area contributed by atoms with Crippen LogP contribution in [-0.4, -0.2) is 11.7 Å². The summed E-state index contributed by atoms with van der Waals surface area (Å²) in [6.07, 6.45) is 0. The van der Waals surface area contributed by atoms with Gasteiger partial charge in [0.05, 0.1) is 10.9 Å². The molecule has 0 aliphatic rings. The van der Waals surface area contributed by atoms with E-state index in [4.69, 9.17) is 28.9 Å². The standard InChI is InChI=1S/C8H6Cl2FNO/c9-3-8(13)4-1-5(10)6(11)2-7(4)12/h1-2H,3,12H2. The van der Waals surface area contributed by atoms with Crippen LogP contribution < -0.4 is 5.73 Å². The van der Waals surface area contributed by atoms with Gasteiger partial charge in [0.1, 0.15) is 5.82 Å². The van der Waals surface area contributed by atoms with E-state index in [2.05, 4.69) is 0 Å². The van der Waals surface area contributed by atoms with Gasteiger partial charge >= 0.3 is 0 Å². The summed E-state index contributed by atoms with van der Waals surface area (Å²) in [5, 5.41) is -0.136. The van der Waals surface area contributed by atoms with Gasteiger partial charge in [0.2, 0.25) is 0 Å². The largest absolute Gasteiger partial charge is 0.398 e. The summed E-state index contributed by atoms with van der Waals surface area (Å²) in [6, 6.07) is 2.18. The highest BCUT2D eigenvalue weighted by atomic mass is 35.5. The van der Waals surface area contributed by atoms with Crippen molar-refractivity contribution in [3.05, 3.63) is 28.5 Å². The van der Waals surface area contributed by atoms with Gasteiger partial charge in [-0.15, -0.1) is 11.6 Å². The fourth-order valence-electron chi connectivity index (χ4n) is 0.876. The lowest BCUT2D eigenvalue weighted by atomic mass is 10.1. The minimum absolute atomic E-state index is 0.0487. The number of benzene rings is 1. The van der Waals surface area contributed by atoms with Crippen LogP contribution in [0.2, 0.25) is 5.02 Å². The summed E-state index contributed by atoms with van der Waals surface area (Å²) in [5.41, 5.74) is 5.59. The summed E-state index contributed by atoms with van der Waals surface area (Å²) in [7, 11) is 0. The molecule has 0 unspecified atom stereocenters. The molecule has 2 N–H and O–H groups in total. The molecule has 0 saturated heterocycles. The molecule has 0 aromatic heterocycles. The highest BCUT2D eigenvalue weighted by Crippen LogP contribution is 2.22. The molecule has 0 bridgehead atoms. The molecular weight excluding hydrogens is 216 g/mol. The van der Waals surface area contributed by atoms with Crippen molar-refractivity contribution in [2.75, 3.05) is 11.6 Å². The zero-order valence-corrected chi connectivity index (χ0v) is 7.99. The maximum atomic E-state index is 12.8. The predicted octanol–water partition coefficient (Wildman–Crippen LogP) is 2.48. The van der Waals surface area contributed by atoms with E-state index in [0.29, 0.717) is 0 Å². The minimum atomic E-state index is -0.648. The quantitative estimate of drug-likeness (QED) is 0.474. The third-order valence-electron chi connectivity index (χ3n) is 1.51. The topological polar surface area (TPSA) is 43.1 Å². The first kappa shape index (κ1) is 10.3. The Balaban J connectivity index is 3.23. The molecule has 0 fully saturated rings. The lowest BCUT2D eigenvalue weighted by Gasteiger charge is -2.03. The molecule has 13 heavy (non-hydrogen) atoms. The second-order valence-corrected chi connectivity index (χ2v) is 3.08. The monoisotopic (exact) mass is 221 g/mol. The first-order valence-corrected chi connectivity index (χ1v) is 4.31. The van der Waals surface area contributed by atoms with E-state index in [1.807, 2.05) is 0 Å². The van der Waals surface area contributed by atoms with E-state index in [1.54, 1.807) is 0 Å². The van der Waals surface area contributed by atoms with Crippen LogP contribution in [0.4, 0.5) is 10.1 Å². The molecule has 0 aliphatic carbocycles. The molecule has 70 valence electrons. The average molecular weight is 222 g/mol. The van der Waals surface area contributed by atoms with Crippen LogP contribution in [-0.2, 0) is 0 Å². The summed E-state index contributed by atoms with van der Waals surface area (Å²) in [4.78, 5) is 11.1. The Labute approximate surface area is 84.4 Å². The van der Waals surface area contributed by atoms with Gasteiger partial charge in [0.25, 0.3) is 0 Å². The number of nitrogen functional groups attached to an aromatic ring is 1. The average Bonchev–Trinajstić information content (AvgIpc) is 2.10. The second kappa shape index (κ2) is 3.94. The van der Waals surface area contributed by atoms with Gasteiger partial charge in [0.15, 0.2) is 5.78 Å². The molecule has 2 nitrogen and oxygen atoms in total. The molecule has 0 heterocycles. The van der Waals surface area contributed by atoms with Gasteiger partial charge in [-0.3, -0.25) is 4.79 Å². The number of alkyl halides is 1. The van der Waals surface area contributed by atoms with Gasteiger partial charge < -0.3 is 5.73 Å². The van der Waals surface area contributed by atoms with Crippen molar-refractivity contribution >= 4 is 34.7 Å². The van der Waals surface area contributed by atoms with Crippen molar-refractivity contribution in [1.82, 2.24) is 0 Å². The fourth-order valence-corrected chi connectivity index (χ4v) is 1.18. The molecule has 0 aliphatic heterocycles. The molecule has 0 spiro atoms. The lowest BCUT2D eigenvalue weighted by Crippen LogP contribution is -2.05. The summed E-state index contributed by atoms with van der Waals surface area (Å²) in [6.45, 7) is 0. The maximum absolute atomic E-state index is 12.8. The van der Waals surface area contributed by atoms with E-state index >= 15 is 0 Å². The molecule has 0 saturated carbocycles. The van der Waals surface area contributed by atoms with Crippen LogP contribution in [0.5, 0.6) is 0 Å². The van der Waals surface area contributed by atoms with Crippen LogP contribution in [0.15, 0.2) is 12.1 Å². The van der Waals surface area contributed by atoms with Gasteiger partial charge in [-0.1, -0.05) is 11.6 Å². The SMILES string of the molecule is Nc1cc(F)c(Cl)cc1C(=O)CCl. The molecule has 1 aromatic carbocycles. The number of ketones is 1. The van der Waals surface area contributed by atoms with Gasteiger partial charge in [-0.2, -0.15) is 0 Å². The van der Waals surface area contributed by atoms with Crippen molar-refractivity contribution in [2.24, 2.45) is 0 Å². The summed E-state index contributed by atoms with van der Waals surface area (Å²) < 4.78 is 12.8. The van der Waals surface area contributed by atoms with Crippen LogP contribution in [0, 0.1) is 5.82 Å². The Hall–Kier alpha value is -0.800. The van der Waals surface area contributed by atoms with Gasteiger partial charge in [0, 0.05) is 11.3 Å². The number of nitrogens with two attached hydrogens (primary N) is 1. The first-order chi connectivity index (χ1) is 6.06. The number of anilines is 1. The zero-order valence-electron chi connectivity index (χ0n) is 6.48. The fraction of sp³-hybridized carbons (Fsp3) is 0.125. The normalized spacial score (nSPS) is 10.1. The maximum Gasteiger partial charge on any atom is 0.179 e. The van der Waals surface area contributed by atoms with Gasteiger partial charge in [-0.25, -0.2) is 4.39 Å². The van der Waals surface area contributed by atoms with E-state index in [1.165, 1.54) is 6.07 Å². The lowest BCUT2D eigenvalue weighted by molar-refractivity contribution is 0.102. The van der Waals surface area contributed by atoms with Gasteiger partial charge in [-0.05, 0) is 12.1 Å². The van der Waals surface area contributed by atoms with Crippen LogP contribution in [0.1, 0.15) is 10.4 Å². The third kappa shape index (κ3) is 2.11. The Kier molecular flexibility index (Phi) is 3.12. The van der Waals surface area contributed by atoms with Crippen molar-refractivity contribution < 1.29 is 9.18 Å². The third-order valence-corrected chi connectivity index (χ3v) is 2.05. The number of Topliss-reactive ketones (excluding diaryl/α,β-unsaturated/α-hetero) is 1. The molecule has 5 heteroatoms. The number of carbonyl (C=O) groups is 1. The van der Waals surface area contributed by atoms with Crippen LogP contribution in [0.3, 0.4) is 0 Å². The first-order valence-electron chi connectivity index (χ1n) is 3.40. The van der Waals surface area contributed by atoms with E-state index in [-0.39, 0.29) is 27.9 Å². The van der Waals surface area contributed by atoms with Crippen molar-refractivity contribution in [3.63, 3.8) is 0 Å². The van der Waals surface area contributed by atoms with Crippen molar-refractivity contribution in [2.45, 2.75) is 0 Å². The number of halogens is 3. The van der Waals surface area contributed by atoms with Crippen molar-refractivity contribution in [1.29, 1.82) is 0 Å². The molecule has 0 radical (unpaired) electrons. The molecular formula is C8H6Cl2FNO. The van der Waals surface area contributed by atoms with E-state index in [9.17, 15) is 9.18 Å². The van der Waals surface area contributed by atoms with E-state index < -0.39 is 5.82 Å². The Morgan fingerprint density at radius 1 is 1.54 bits per heavy atom. The predicted molar refractivity (Wildman–Crippen MR) is 50.9 cm³/mol. The highest BCUT2D eigenvalue weighted by molar-refractivity contribution is 6.33. The van der Waals surface area contributed by atoms with Crippen molar-refractivity contribution in [3.8, 4) is 0 Å². The molecule has 1 aromatic rings. The summed E-state index contributed by atoms with van der Waals surface area (Å²) >= 11 is 10.8. The number of rotatable bonds is 2. The molecule has 0 amide bonds. The number of carbonyl (C=O) groups excluding carboxylic acids is 1. The van der Waals surface area contributed by atoms with E-state index in [0.717, 1.165) is 6.07 Å².